The molecule has 2 heterocycles. The van der Waals surface area contributed by atoms with E-state index in [0.29, 0.717) is 5.56 Å². The zero-order valence-corrected chi connectivity index (χ0v) is 17.7. The first-order valence-electron chi connectivity index (χ1n) is 11.3. The summed E-state index contributed by atoms with van der Waals surface area (Å²) in [6, 6.07) is 14.8. The van der Waals surface area contributed by atoms with Crippen molar-refractivity contribution in [3.05, 3.63) is 70.4 Å². The normalized spacial score (nSPS) is 19.2. The molecule has 0 amide bonds. The lowest BCUT2D eigenvalue weighted by atomic mass is 9.89. The molecule has 1 saturated heterocycles. The van der Waals surface area contributed by atoms with Gasteiger partial charge in [-0.3, -0.25) is 0 Å². The van der Waals surface area contributed by atoms with Gasteiger partial charge in [-0.2, -0.15) is 0 Å². The van der Waals surface area contributed by atoms with Crippen LogP contribution < -0.4 is 0 Å². The van der Waals surface area contributed by atoms with E-state index < -0.39 is 0 Å². The van der Waals surface area contributed by atoms with E-state index in [1.807, 2.05) is 13.0 Å². The molecule has 4 nitrogen and oxygen atoms in total. The molecular weight excluding hydrogens is 372 g/mol. The fourth-order valence-corrected chi connectivity index (χ4v) is 5.11. The van der Waals surface area contributed by atoms with E-state index in [-0.39, 0.29) is 12.1 Å². The third-order valence-corrected chi connectivity index (χ3v) is 6.73. The highest BCUT2D eigenvalue weighted by Gasteiger charge is 2.26. The number of carbonyl (C=O) groups excluding carboxylic acids is 1. The maximum atomic E-state index is 13.2. The van der Waals surface area contributed by atoms with Crippen LogP contribution in [0.1, 0.15) is 64.5 Å². The Morgan fingerprint density at radius 3 is 2.83 bits per heavy atom. The first-order chi connectivity index (χ1) is 14.7. The Labute approximate surface area is 178 Å². The molecule has 156 valence electrons. The van der Waals surface area contributed by atoms with Gasteiger partial charge >= 0.3 is 5.97 Å². The number of hydrogen-bond donors (Lipinski definition) is 1. The molecule has 0 radical (unpaired) electrons. The van der Waals surface area contributed by atoms with Crippen LogP contribution >= 0.6 is 0 Å². The van der Waals surface area contributed by atoms with Crippen molar-refractivity contribution >= 4 is 16.9 Å². The Bertz CT molecular complexity index is 1060. The molecule has 30 heavy (non-hydrogen) atoms. The molecule has 3 aromatic rings. The highest BCUT2D eigenvalue weighted by molar-refractivity contribution is 6.05. The number of ether oxygens (including phenoxy) is 1. The summed E-state index contributed by atoms with van der Waals surface area (Å²) in [6.45, 7) is 5.49. The maximum absolute atomic E-state index is 13.2. The minimum absolute atomic E-state index is 0.148. The molecule has 1 fully saturated rings. The summed E-state index contributed by atoms with van der Waals surface area (Å²) in [6.07, 6.45) is 6.52. The van der Waals surface area contributed by atoms with Gasteiger partial charge in [0.1, 0.15) is 6.10 Å². The minimum Gasteiger partial charge on any atom is -0.454 e. The van der Waals surface area contributed by atoms with E-state index in [1.54, 1.807) is 0 Å². The van der Waals surface area contributed by atoms with E-state index in [4.69, 9.17) is 4.74 Å². The maximum Gasteiger partial charge on any atom is 0.341 e. The number of carbonyl (C=O) groups is 1. The number of aromatic nitrogens is 1. The Balaban J connectivity index is 1.38. The number of rotatable bonds is 5. The van der Waals surface area contributed by atoms with Crippen molar-refractivity contribution in [1.29, 1.82) is 0 Å². The van der Waals surface area contributed by atoms with Crippen LogP contribution in [0.15, 0.2) is 42.5 Å². The van der Waals surface area contributed by atoms with Gasteiger partial charge in [-0.25, -0.2) is 4.79 Å². The lowest BCUT2D eigenvalue weighted by molar-refractivity contribution is 0.0258. The van der Waals surface area contributed by atoms with Crippen LogP contribution in [0.5, 0.6) is 0 Å². The van der Waals surface area contributed by atoms with Crippen LogP contribution in [0, 0.1) is 6.92 Å². The number of likely N-dealkylation sites (tertiary alicyclic amines) is 1. The molecule has 1 aliphatic carbocycles. The molecule has 1 atom stereocenters. The van der Waals surface area contributed by atoms with Gasteiger partial charge in [-0.15, -0.1) is 0 Å². The van der Waals surface area contributed by atoms with Crippen LogP contribution in [0.3, 0.4) is 0 Å². The zero-order valence-electron chi connectivity index (χ0n) is 17.7. The molecule has 4 heteroatoms. The predicted octanol–water partition coefficient (Wildman–Crippen LogP) is 5.35. The summed E-state index contributed by atoms with van der Waals surface area (Å²) in [5.41, 5.74) is 6.34. The Morgan fingerprint density at radius 2 is 1.97 bits per heavy atom. The van der Waals surface area contributed by atoms with Crippen LogP contribution in [-0.2, 0) is 17.6 Å². The van der Waals surface area contributed by atoms with Gasteiger partial charge in [0.2, 0.25) is 0 Å². The number of H-pyrrole nitrogens is 1. The average Bonchev–Trinajstić information content (AvgIpc) is 3.39. The van der Waals surface area contributed by atoms with Crippen molar-refractivity contribution in [2.24, 2.45) is 0 Å². The number of aryl methyl sites for hydroxylation is 2. The monoisotopic (exact) mass is 402 g/mol. The largest absolute Gasteiger partial charge is 0.454 e. The number of fused-ring (bicyclic) bond motifs is 2. The van der Waals surface area contributed by atoms with E-state index >= 15 is 0 Å². The predicted molar refractivity (Wildman–Crippen MR) is 120 cm³/mol. The molecule has 2 aliphatic rings. The van der Waals surface area contributed by atoms with E-state index in [0.717, 1.165) is 48.8 Å². The van der Waals surface area contributed by atoms with Gasteiger partial charge in [0.25, 0.3) is 0 Å². The van der Waals surface area contributed by atoms with Crippen LogP contribution in [0.2, 0.25) is 0 Å². The second-order valence-corrected chi connectivity index (χ2v) is 8.79. The third-order valence-electron chi connectivity index (χ3n) is 6.73. The summed E-state index contributed by atoms with van der Waals surface area (Å²) in [5.74, 6) is -0.211. The van der Waals surface area contributed by atoms with Crippen LogP contribution in [-0.4, -0.2) is 35.5 Å². The highest BCUT2D eigenvalue weighted by atomic mass is 16.5. The molecule has 0 spiro atoms. The van der Waals surface area contributed by atoms with E-state index in [1.165, 1.54) is 42.6 Å². The zero-order chi connectivity index (χ0) is 20.5. The first kappa shape index (κ1) is 19.4. The highest BCUT2D eigenvalue weighted by Crippen LogP contribution is 2.34. The Hall–Kier alpha value is -2.59. The lowest BCUT2D eigenvalue weighted by Gasteiger charge is -2.25. The SMILES string of the molecule is Cc1[nH]c2ccc(CCN3CCCC3)cc2c1C(=O)OC1CCCc2ccccc21. The molecule has 1 aliphatic heterocycles. The van der Waals surface area contributed by atoms with Gasteiger partial charge in [0.15, 0.2) is 0 Å². The number of hydrogen-bond acceptors (Lipinski definition) is 3. The standard InChI is InChI=1S/C26H30N2O2/c1-18-25(26(29)30-24-10-6-8-20-7-2-3-9-21(20)24)22-17-19(11-12-23(22)27-18)13-16-28-14-4-5-15-28/h2-3,7,9,11-12,17,24,27H,4-6,8,10,13-16H2,1H3. The van der Waals surface area contributed by atoms with Gasteiger partial charge in [0.05, 0.1) is 5.56 Å². The van der Waals surface area contributed by atoms with Crippen molar-refractivity contribution in [2.45, 2.75) is 51.6 Å². The average molecular weight is 403 g/mol. The number of nitrogens with one attached hydrogen (secondary N) is 1. The topological polar surface area (TPSA) is 45.3 Å². The van der Waals surface area contributed by atoms with Crippen molar-refractivity contribution < 1.29 is 9.53 Å². The van der Waals surface area contributed by atoms with Gasteiger partial charge < -0.3 is 14.6 Å². The molecule has 0 bridgehead atoms. The molecule has 1 aromatic heterocycles. The molecule has 0 saturated carbocycles. The number of nitrogens with zero attached hydrogens (tertiary/aromatic N) is 1. The van der Waals surface area contributed by atoms with Crippen LogP contribution in [0.25, 0.3) is 10.9 Å². The summed E-state index contributed by atoms with van der Waals surface area (Å²) >= 11 is 0. The number of benzene rings is 2. The molecule has 1 N–H and O–H groups in total. The van der Waals surface area contributed by atoms with Crippen molar-refractivity contribution in [3.8, 4) is 0 Å². The quantitative estimate of drug-likeness (QED) is 0.585. The fraction of sp³-hybridized carbons (Fsp3) is 0.423. The summed E-state index contributed by atoms with van der Waals surface area (Å²) in [5, 5.41) is 0.987. The van der Waals surface area contributed by atoms with Gasteiger partial charge in [-0.1, -0.05) is 30.3 Å². The number of esters is 1. The smallest absolute Gasteiger partial charge is 0.341 e. The molecule has 1 unspecified atom stereocenters. The van der Waals surface area contributed by atoms with Crippen molar-refractivity contribution in [3.63, 3.8) is 0 Å². The second kappa shape index (κ2) is 8.27. The van der Waals surface area contributed by atoms with E-state index in [9.17, 15) is 4.79 Å². The molecule has 5 rings (SSSR count). The second-order valence-electron chi connectivity index (χ2n) is 8.79. The van der Waals surface area contributed by atoms with Crippen molar-refractivity contribution in [1.82, 2.24) is 9.88 Å². The molecule has 2 aromatic carbocycles. The first-order valence-corrected chi connectivity index (χ1v) is 11.3. The van der Waals surface area contributed by atoms with Crippen molar-refractivity contribution in [2.75, 3.05) is 19.6 Å². The third kappa shape index (κ3) is 3.77. The van der Waals surface area contributed by atoms with E-state index in [2.05, 4.69) is 46.3 Å². The van der Waals surface area contributed by atoms with Gasteiger partial charge in [0, 0.05) is 23.1 Å². The summed E-state index contributed by atoms with van der Waals surface area (Å²) < 4.78 is 6.07. The Kier molecular flexibility index (Phi) is 5.34. The summed E-state index contributed by atoms with van der Waals surface area (Å²) in [4.78, 5) is 19.2. The lowest BCUT2D eigenvalue weighted by Crippen LogP contribution is -2.21. The summed E-state index contributed by atoms with van der Waals surface area (Å²) in [7, 11) is 0. The fourth-order valence-electron chi connectivity index (χ4n) is 5.11. The van der Waals surface area contributed by atoms with Crippen LogP contribution in [0.4, 0.5) is 0 Å². The number of aromatic amines is 1. The Morgan fingerprint density at radius 1 is 1.13 bits per heavy atom. The minimum atomic E-state index is -0.211. The molecular formula is C26H30N2O2. The van der Waals surface area contributed by atoms with Gasteiger partial charge in [-0.05, 0) is 87.4 Å².